The summed E-state index contributed by atoms with van der Waals surface area (Å²) in [5, 5.41) is 2.81. The maximum absolute atomic E-state index is 11.3. The summed E-state index contributed by atoms with van der Waals surface area (Å²) >= 11 is 8.96. The van der Waals surface area contributed by atoms with E-state index in [1.54, 1.807) is 0 Å². The number of carbonyl (C=O) groups is 1. The van der Waals surface area contributed by atoms with E-state index >= 15 is 0 Å². The van der Waals surface area contributed by atoms with Gasteiger partial charge in [-0.2, -0.15) is 0 Å². The quantitative estimate of drug-likeness (QED) is 0.846. The minimum absolute atomic E-state index is 0.0499. The molecule has 0 spiro atoms. The first kappa shape index (κ1) is 12.5. The van der Waals surface area contributed by atoms with E-state index in [2.05, 4.69) is 21.2 Å². The van der Waals surface area contributed by atoms with E-state index < -0.39 is 0 Å². The van der Waals surface area contributed by atoms with Gasteiger partial charge in [-0.05, 0) is 37.1 Å². The average molecular weight is 291 g/mol. The van der Waals surface area contributed by atoms with Gasteiger partial charge in [-0.15, -0.1) is 11.6 Å². The molecular formula is C11H13BrClNO. The highest BCUT2D eigenvalue weighted by atomic mass is 79.9. The van der Waals surface area contributed by atoms with Crippen LogP contribution in [0, 0.1) is 13.8 Å². The van der Waals surface area contributed by atoms with Crippen molar-refractivity contribution in [2.75, 3.05) is 11.2 Å². The molecule has 0 fully saturated rings. The van der Waals surface area contributed by atoms with Crippen LogP contribution in [0.15, 0.2) is 16.6 Å². The van der Waals surface area contributed by atoms with Crippen LogP contribution < -0.4 is 5.32 Å². The Balaban J connectivity index is 2.83. The predicted octanol–water partition coefficient (Wildman–Crippen LogP) is 3.63. The second-order valence-corrected chi connectivity index (χ2v) is 4.58. The number of nitrogens with one attached hydrogen (secondary N) is 1. The highest BCUT2D eigenvalue weighted by molar-refractivity contribution is 9.10. The Morgan fingerprint density at radius 1 is 1.40 bits per heavy atom. The van der Waals surface area contributed by atoms with E-state index in [4.69, 9.17) is 11.6 Å². The molecule has 1 N–H and O–H groups in total. The lowest BCUT2D eigenvalue weighted by Gasteiger charge is -2.09. The molecule has 1 aromatic rings. The molecule has 0 aliphatic heterocycles. The second-order valence-electron chi connectivity index (χ2n) is 3.41. The Hall–Kier alpha value is -0.540. The number of rotatable bonds is 3. The standard InChI is InChI=1S/C11H13BrClNO/c1-7-5-9(6-8(2)11(7)12)14-10(15)3-4-13/h5-6H,3-4H2,1-2H3,(H,14,15). The van der Waals surface area contributed by atoms with Gasteiger partial charge in [0.15, 0.2) is 0 Å². The molecule has 1 aromatic carbocycles. The zero-order valence-corrected chi connectivity index (χ0v) is 11.1. The van der Waals surface area contributed by atoms with Crippen LogP contribution in [0.5, 0.6) is 0 Å². The summed E-state index contributed by atoms with van der Waals surface area (Å²) in [6.45, 7) is 3.99. The zero-order valence-electron chi connectivity index (χ0n) is 8.73. The summed E-state index contributed by atoms with van der Waals surface area (Å²) in [6, 6.07) is 3.87. The summed E-state index contributed by atoms with van der Waals surface area (Å²) in [5.74, 6) is 0.298. The number of halogens is 2. The van der Waals surface area contributed by atoms with E-state index in [0.717, 1.165) is 21.3 Å². The van der Waals surface area contributed by atoms with Crippen molar-refractivity contribution in [1.82, 2.24) is 0 Å². The topological polar surface area (TPSA) is 29.1 Å². The number of hydrogen-bond acceptors (Lipinski definition) is 1. The van der Waals surface area contributed by atoms with E-state index in [-0.39, 0.29) is 5.91 Å². The van der Waals surface area contributed by atoms with Gasteiger partial charge in [0.25, 0.3) is 0 Å². The molecule has 0 aliphatic rings. The number of amides is 1. The highest BCUT2D eigenvalue weighted by Crippen LogP contribution is 2.24. The number of benzene rings is 1. The summed E-state index contributed by atoms with van der Waals surface area (Å²) in [5.41, 5.74) is 3.04. The Labute approximate surface area is 103 Å². The Morgan fingerprint density at radius 3 is 2.40 bits per heavy atom. The van der Waals surface area contributed by atoms with Crippen LogP contribution in [0.1, 0.15) is 17.5 Å². The fourth-order valence-electron chi connectivity index (χ4n) is 1.33. The van der Waals surface area contributed by atoms with Crippen LogP contribution in [-0.2, 0) is 4.79 Å². The lowest BCUT2D eigenvalue weighted by Crippen LogP contribution is -2.11. The van der Waals surface area contributed by atoms with Crippen LogP contribution >= 0.6 is 27.5 Å². The summed E-state index contributed by atoms with van der Waals surface area (Å²) in [4.78, 5) is 11.3. The van der Waals surface area contributed by atoms with Crippen molar-refractivity contribution in [2.45, 2.75) is 20.3 Å². The van der Waals surface area contributed by atoms with Crippen molar-refractivity contribution in [3.63, 3.8) is 0 Å². The lowest BCUT2D eigenvalue weighted by molar-refractivity contribution is -0.115. The number of carbonyl (C=O) groups excluding carboxylic acids is 1. The molecule has 82 valence electrons. The van der Waals surface area contributed by atoms with E-state index in [9.17, 15) is 4.79 Å². The molecular weight excluding hydrogens is 277 g/mol. The van der Waals surface area contributed by atoms with Gasteiger partial charge in [0.05, 0.1) is 0 Å². The minimum Gasteiger partial charge on any atom is -0.326 e. The normalized spacial score (nSPS) is 10.1. The van der Waals surface area contributed by atoms with Gasteiger partial charge in [-0.1, -0.05) is 15.9 Å². The summed E-state index contributed by atoms with van der Waals surface area (Å²) in [6.07, 6.45) is 0.343. The molecule has 1 rings (SSSR count). The molecule has 0 heterocycles. The van der Waals surface area contributed by atoms with Crippen LogP contribution in [-0.4, -0.2) is 11.8 Å². The SMILES string of the molecule is Cc1cc(NC(=O)CCCl)cc(C)c1Br. The Bertz CT molecular complexity index is 356. The monoisotopic (exact) mass is 289 g/mol. The maximum Gasteiger partial charge on any atom is 0.225 e. The number of aryl methyl sites for hydroxylation is 2. The first-order valence-corrected chi connectivity index (χ1v) is 6.00. The molecule has 15 heavy (non-hydrogen) atoms. The van der Waals surface area contributed by atoms with Crippen LogP contribution in [0.2, 0.25) is 0 Å². The predicted molar refractivity (Wildman–Crippen MR) is 67.6 cm³/mol. The van der Waals surface area contributed by atoms with Crippen LogP contribution in [0.25, 0.3) is 0 Å². The first-order chi connectivity index (χ1) is 7.04. The van der Waals surface area contributed by atoms with Crippen LogP contribution in [0.3, 0.4) is 0 Å². The third-order valence-electron chi connectivity index (χ3n) is 2.04. The van der Waals surface area contributed by atoms with Crippen LogP contribution in [0.4, 0.5) is 5.69 Å². The van der Waals surface area contributed by atoms with Gasteiger partial charge in [0, 0.05) is 22.5 Å². The molecule has 0 radical (unpaired) electrons. The third kappa shape index (κ3) is 3.50. The van der Waals surface area contributed by atoms with E-state index in [1.165, 1.54) is 0 Å². The first-order valence-electron chi connectivity index (χ1n) is 4.67. The molecule has 1 amide bonds. The molecule has 0 aromatic heterocycles. The smallest absolute Gasteiger partial charge is 0.225 e. The number of anilines is 1. The highest BCUT2D eigenvalue weighted by Gasteiger charge is 2.05. The van der Waals surface area contributed by atoms with Gasteiger partial charge in [-0.25, -0.2) is 0 Å². The minimum atomic E-state index is -0.0499. The van der Waals surface area contributed by atoms with Gasteiger partial charge >= 0.3 is 0 Å². The Kier molecular flexibility index (Phi) is 4.61. The van der Waals surface area contributed by atoms with E-state index in [0.29, 0.717) is 12.3 Å². The fraction of sp³-hybridized carbons (Fsp3) is 0.364. The molecule has 0 unspecified atom stereocenters. The van der Waals surface area contributed by atoms with Gasteiger partial charge in [0.2, 0.25) is 5.91 Å². The van der Waals surface area contributed by atoms with Crippen molar-refractivity contribution in [1.29, 1.82) is 0 Å². The van der Waals surface area contributed by atoms with Gasteiger partial charge < -0.3 is 5.32 Å². The van der Waals surface area contributed by atoms with Crippen molar-refractivity contribution in [2.24, 2.45) is 0 Å². The molecule has 0 saturated carbocycles. The molecule has 0 aliphatic carbocycles. The molecule has 0 atom stereocenters. The zero-order chi connectivity index (χ0) is 11.4. The molecule has 0 saturated heterocycles. The number of alkyl halides is 1. The van der Waals surface area contributed by atoms with Gasteiger partial charge in [0.1, 0.15) is 0 Å². The maximum atomic E-state index is 11.3. The van der Waals surface area contributed by atoms with Gasteiger partial charge in [-0.3, -0.25) is 4.79 Å². The Morgan fingerprint density at radius 2 is 1.93 bits per heavy atom. The van der Waals surface area contributed by atoms with Crippen molar-refractivity contribution < 1.29 is 4.79 Å². The summed E-state index contributed by atoms with van der Waals surface area (Å²) < 4.78 is 1.08. The lowest BCUT2D eigenvalue weighted by atomic mass is 10.1. The van der Waals surface area contributed by atoms with Crippen molar-refractivity contribution in [3.8, 4) is 0 Å². The number of hydrogen-bond donors (Lipinski definition) is 1. The third-order valence-corrected chi connectivity index (χ3v) is 3.48. The van der Waals surface area contributed by atoms with Crippen molar-refractivity contribution >= 4 is 39.1 Å². The molecule has 4 heteroatoms. The largest absolute Gasteiger partial charge is 0.326 e. The molecule has 0 bridgehead atoms. The second kappa shape index (κ2) is 5.52. The fourth-order valence-corrected chi connectivity index (χ4v) is 1.73. The average Bonchev–Trinajstić information content (AvgIpc) is 2.14. The summed E-state index contributed by atoms with van der Waals surface area (Å²) in [7, 11) is 0. The molecule has 2 nitrogen and oxygen atoms in total. The van der Waals surface area contributed by atoms with Crippen molar-refractivity contribution in [3.05, 3.63) is 27.7 Å². The van der Waals surface area contributed by atoms with E-state index in [1.807, 2.05) is 26.0 Å².